The highest BCUT2D eigenvalue weighted by Gasteiger charge is 2.15. The molecule has 0 fully saturated rings. The van der Waals surface area contributed by atoms with Crippen LogP contribution in [0, 0.1) is 0 Å². The molecule has 1 aromatic carbocycles. The van der Waals surface area contributed by atoms with Crippen molar-refractivity contribution >= 4 is 12.6 Å². The first-order valence-electron chi connectivity index (χ1n) is 3.81. The van der Waals surface area contributed by atoms with Gasteiger partial charge in [-0.25, -0.2) is 0 Å². The molecule has 0 aliphatic heterocycles. The number of hydrogen-bond acceptors (Lipinski definition) is 4. The Balaban J connectivity index is 3.28. The Morgan fingerprint density at radius 1 is 1.20 bits per heavy atom. The lowest BCUT2D eigenvalue weighted by Gasteiger charge is -2.09. The van der Waals surface area contributed by atoms with Crippen molar-refractivity contribution in [3.63, 3.8) is 0 Å². The predicted molar refractivity (Wildman–Crippen MR) is 45.5 cm³/mol. The lowest BCUT2D eigenvalue weighted by Crippen LogP contribution is -2.06. The van der Waals surface area contributed by atoms with Gasteiger partial charge in [0.05, 0.1) is 11.1 Å². The van der Waals surface area contributed by atoms with Gasteiger partial charge in [-0.15, -0.1) is 0 Å². The van der Waals surface area contributed by atoms with E-state index in [-0.39, 0.29) is 18.1 Å². The number of aldehydes is 2. The maximum atomic E-state index is 11.9. The molecular formula is C9H6F2O4. The Kier molecular flexibility index (Phi) is 3.33. The van der Waals surface area contributed by atoms with E-state index < -0.39 is 23.7 Å². The van der Waals surface area contributed by atoms with Crippen molar-refractivity contribution in [2.24, 2.45) is 0 Å². The van der Waals surface area contributed by atoms with Gasteiger partial charge in [-0.2, -0.15) is 8.78 Å². The number of rotatable bonds is 4. The number of halogens is 2. The molecule has 0 aliphatic carbocycles. The van der Waals surface area contributed by atoms with Crippen LogP contribution in [0.2, 0.25) is 0 Å². The summed E-state index contributed by atoms with van der Waals surface area (Å²) in [4.78, 5) is 21.0. The molecule has 0 unspecified atom stereocenters. The fraction of sp³-hybridized carbons (Fsp3) is 0.111. The van der Waals surface area contributed by atoms with Gasteiger partial charge in [-0.3, -0.25) is 9.59 Å². The highest BCUT2D eigenvalue weighted by Crippen LogP contribution is 2.28. The zero-order valence-electron chi connectivity index (χ0n) is 7.31. The lowest BCUT2D eigenvalue weighted by molar-refractivity contribution is -0.0501. The largest absolute Gasteiger partial charge is 0.507 e. The number of phenols is 1. The molecule has 1 aromatic rings. The van der Waals surface area contributed by atoms with Gasteiger partial charge in [0.2, 0.25) is 0 Å². The van der Waals surface area contributed by atoms with Crippen LogP contribution < -0.4 is 4.74 Å². The van der Waals surface area contributed by atoms with E-state index in [0.717, 1.165) is 12.1 Å². The first-order valence-corrected chi connectivity index (χ1v) is 3.81. The number of hydrogen-bond donors (Lipinski definition) is 1. The molecule has 15 heavy (non-hydrogen) atoms. The average molecular weight is 216 g/mol. The summed E-state index contributed by atoms with van der Waals surface area (Å²) in [6.07, 6.45) is 0.360. The Bertz CT molecular complexity index is 390. The minimum atomic E-state index is -3.10. The Hall–Kier alpha value is -1.98. The quantitative estimate of drug-likeness (QED) is 0.776. The number of carbonyl (C=O) groups is 2. The van der Waals surface area contributed by atoms with Crippen LogP contribution in [0.5, 0.6) is 11.5 Å². The van der Waals surface area contributed by atoms with Crippen LogP contribution >= 0.6 is 0 Å². The summed E-state index contributed by atoms with van der Waals surface area (Å²) in [5, 5.41) is 9.15. The molecule has 0 aromatic heterocycles. The molecule has 0 radical (unpaired) electrons. The summed E-state index contributed by atoms with van der Waals surface area (Å²) in [6, 6.07) is 1.98. The van der Waals surface area contributed by atoms with Crippen molar-refractivity contribution in [1.82, 2.24) is 0 Å². The molecule has 0 saturated heterocycles. The van der Waals surface area contributed by atoms with E-state index in [4.69, 9.17) is 5.11 Å². The number of aromatic hydroxyl groups is 1. The molecular weight excluding hydrogens is 210 g/mol. The van der Waals surface area contributed by atoms with E-state index in [1.165, 1.54) is 0 Å². The van der Waals surface area contributed by atoms with Crippen LogP contribution in [0.3, 0.4) is 0 Å². The molecule has 0 spiro atoms. The van der Waals surface area contributed by atoms with Crippen LogP contribution in [0.25, 0.3) is 0 Å². The third-order valence-corrected chi connectivity index (χ3v) is 1.68. The van der Waals surface area contributed by atoms with E-state index >= 15 is 0 Å². The minimum Gasteiger partial charge on any atom is -0.507 e. The molecule has 0 bridgehead atoms. The third kappa shape index (κ3) is 2.28. The van der Waals surface area contributed by atoms with Crippen LogP contribution in [0.1, 0.15) is 20.7 Å². The fourth-order valence-electron chi connectivity index (χ4n) is 1.05. The standard InChI is InChI=1S/C9H6F2O4/c10-9(11)15-8-2-1-7(14)5(3-12)6(8)4-13/h1-4,9,14H. The van der Waals surface area contributed by atoms with Gasteiger partial charge in [-0.05, 0) is 12.1 Å². The van der Waals surface area contributed by atoms with Crippen LogP contribution in [-0.4, -0.2) is 24.3 Å². The molecule has 0 atom stereocenters. The third-order valence-electron chi connectivity index (χ3n) is 1.68. The Labute approximate surface area is 83.1 Å². The van der Waals surface area contributed by atoms with E-state index in [1.54, 1.807) is 0 Å². The predicted octanol–water partition coefficient (Wildman–Crippen LogP) is 1.62. The van der Waals surface area contributed by atoms with E-state index in [9.17, 15) is 18.4 Å². The summed E-state index contributed by atoms with van der Waals surface area (Å²) in [5.74, 6) is -0.909. The molecule has 1 rings (SSSR count). The second-order valence-corrected chi connectivity index (χ2v) is 2.52. The second-order valence-electron chi connectivity index (χ2n) is 2.52. The number of phenolic OH excluding ortho intramolecular Hbond substituents is 1. The zero-order valence-corrected chi connectivity index (χ0v) is 7.31. The van der Waals surface area contributed by atoms with Crippen molar-refractivity contribution < 1.29 is 28.2 Å². The van der Waals surface area contributed by atoms with Crippen LogP contribution in [0.4, 0.5) is 8.78 Å². The number of alkyl halides is 2. The summed E-state index contributed by atoms with van der Waals surface area (Å²) >= 11 is 0. The van der Waals surface area contributed by atoms with Gasteiger partial charge in [-0.1, -0.05) is 0 Å². The van der Waals surface area contributed by atoms with E-state index in [1.807, 2.05) is 0 Å². The first-order chi connectivity index (χ1) is 7.10. The lowest BCUT2D eigenvalue weighted by atomic mass is 10.1. The van der Waals surface area contributed by atoms with E-state index in [0.29, 0.717) is 0 Å². The van der Waals surface area contributed by atoms with Crippen molar-refractivity contribution in [1.29, 1.82) is 0 Å². The first kappa shape index (κ1) is 11.1. The SMILES string of the molecule is O=Cc1c(O)ccc(OC(F)F)c1C=O. The number of benzene rings is 1. The highest BCUT2D eigenvalue weighted by molar-refractivity contribution is 5.95. The zero-order chi connectivity index (χ0) is 11.4. The monoisotopic (exact) mass is 216 g/mol. The van der Waals surface area contributed by atoms with Crippen molar-refractivity contribution in [3.05, 3.63) is 23.3 Å². The fourth-order valence-corrected chi connectivity index (χ4v) is 1.05. The summed E-state index contributed by atoms with van der Waals surface area (Å²) in [6.45, 7) is -3.10. The molecule has 0 saturated carbocycles. The summed E-state index contributed by atoms with van der Waals surface area (Å²) in [7, 11) is 0. The maximum absolute atomic E-state index is 11.9. The second kappa shape index (κ2) is 4.50. The number of carbonyl (C=O) groups excluding carboxylic acids is 2. The Morgan fingerprint density at radius 3 is 2.27 bits per heavy atom. The van der Waals surface area contributed by atoms with Crippen molar-refractivity contribution in [3.8, 4) is 11.5 Å². The molecule has 80 valence electrons. The molecule has 0 heterocycles. The van der Waals surface area contributed by atoms with Gasteiger partial charge < -0.3 is 9.84 Å². The number of ether oxygens (including phenoxy) is 1. The maximum Gasteiger partial charge on any atom is 0.387 e. The molecule has 0 aliphatic rings. The molecule has 1 N–H and O–H groups in total. The topological polar surface area (TPSA) is 63.6 Å². The van der Waals surface area contributed by atoms with Crippen LogP contribution in [-0.2, 0) is 0 Å². The molecule has 4 nitrogen and oxygen atoms in total. The molecule has 0 amide bonds. The smallest absolute Gasteiger partial charge is 0.387 e. The van der Waals surface area contributed by atoms with Gasteiger partial charge in [0, 0.05) is 0 Å². The van der Waals surface area contributed by atoms with Gasteiger partial charge >= 0.3 is 6.61 Å². The van der Waals surface area contributed by atoms with Crippen molar-refractivity contribution in [2.45, 2.75) is 6.61 Å². The van der Waals surface area contributed by atoms with Gasteiger partial charge in [0.25, 0.3) is 0 Å². The highest BCUT2D eigenvalue weighted by atomic mass is 19.3. The average Bonchev–Trinajstić information content (AvgIpc) is 2.19. The summed E-state index contributed by atoms with van der Waals surface area (Å²) < 4.78 is 27.8. The minimum absolute atomic E-state index is 0.168. The van der Waals surface area contributed by atoms with E-state index in [2.05, 4.69) is 4.74 Å². The molecule has 6 heteroatoms. The Morgan fingerprint density at radius 2 is 1.80 bits per heavy atom. The van der Waals surface area contributed by atoms with Crippen molar-refractivity contribution in [2.75, 3.05) is 0 Å². The summed E-state index contributed by atoms with van der Waals surface area (Å²) in [5.41, 5.74) is -0.770. The van der Waals surface area contributed by atoms with Crippen LogP contribution in [0.15, 0.2) is 12.1 Å². The van der Waals surface area contributed by atoms with Gasteiger partial charge in [0.15, 0.2) is 12.6 Å². The van der Waals surface area contributed by atoms with Gasteiger partial charge in [0.1, 0.15) is 11.5 Å². The normalized spacial score (nSPS) is 10.1.